The molecule has 0 spiro atoms. The fourth-order valence-electron chi connectivity index (χ4n) is 2.83. The second kappa shape index (κ2) is 6.40. The maximum atomic E-state index is 12.7. The fourth-order valence-corrected chi connectivity index (χ4v) is 2.83. The number of carbonyl (C=O) groups excluding carboxylic acids is 3. The molecule has 1 aliphatic heterocycles. The summed E-state index contributed by atoms with van der Waals surface area (Å²) in [6.07, 6.45) is 0. The summed E-state index contributed by atoms with van der Waals surface area (Å²) in [5.74, 6) is -1.94. The number of nitrogens with zero attached hydrogens (tertiary/aromatic N) is 1. The maximum Gasteiger partial charge on any atom is 0.284 e. The van der Waals surface area contributed by atoms with E-state index in [1.807, 2.05) is 0 Å². The molecular weight excluding hydrogens is 340 g/mol. The van der Waals surface area contributed by atoms with Crippen LogP contribution in [0.3, 0.4) is 0 Å². The number of amides is 3. The molecule has 8 heteroatoms. The lowest BCUT2D eigenvalue weighted by Crippen LogP contribution is -2.46. The molecule has 26 heavy (non-hydrogen) atoms. The molecule has 134 valence electrons. The minimum absolute atomic E-state index is 0.0494. The second-order valence-electron chi connectivity index (χ2n) is 5.56. The molecule has 0 radical (unpaired) electrons. The molecule has 0 unspecified atom stereocenters. The van der Waals surface area contributed by atoms with E-state index in [4.69, 9.17) is 9.47 Å². The first-order valence-electron chi connectivity index (χ1n) is 7.64. The number of ether oxygens (including phenoxy) is 2. The Bertz CT molecular complexity index is 938. The predicted molar refractivity (Wildman–Crippen MR) is 90.4 cm³/mol. The number of carbonyl (C=O) groups is 3. The molecule has 8 nitrogen and oxygen atoms in total. The summed E-state index contributed by atoms with van der Waals surface area (Å²) < 4.78 is 10.4. The van der Waals surface area contributed by atoms with Crippen molar-refractivity contribution in [3.63, 3.8) is 0 Å². The number of rotatable bonds is 4. The summed E-state index contributed by atoms with van der Waals surface area (Å²) >= 11 is 0. The molecule has 0 aliphatic carbocycles. The van der Waals surface area contributed by atoms with Gasteiger partial charge in [-0.3, -0.25) is 19.8 Å². The highest BCUT2D eigenvalue weighted by Gasteiger charge is 2.42. The zero-order chi connectivity index (χ0) is 19.0. The zero-order valence-corrected chi connectivity index (χ0v) is 14.3. The molecule has 1 heterocycles. The Kier molecular flexibility index (Phi) is 4.25. The van der Waals surface area contributed by atoms with Crippen molar-refractivity contribution in [3.8, 4) is 17.2 Å². The smallest absolute Gasteiger partial charge is 0.284 e. The summed E-state index contributed by atoms with van der Waals surface area (Å²) in [4.78, 5) is 37.8. The first-order valence-corrected chi connectivity index (χ1v) is 7.64. The highest BCUT2D eigenvalue weighted by Crippen LogP contribution is 2.38. The van der Waals surface area contributed by atoms with Crippen molar-refractivity contribution in [3.05, 3.63) is 52.6 Å². The Balaban J connectivity index is 2.01. The van der Waals surface area contributed by atoms with Crippen LogP contribution in [0.4, 0.5) is 0 Å². The van der Waals surface area contributed by atoms with Crippen LogP contribution in [0.2, 0.25) is 0 Å². The molecule has 3 rings (SSSR count). The lowest BCUT2D eigenvalue weighted by atomic mass is 10.0. The molecule has 3 amide bonds. The van der Waals surface area contributed by atoms with Crippen molar-refractivity contribution in [1.82, 2.24) is 10.4 Å². The Hall–Kier alpha value is -3.55. The van der Waals surface area contributed by atoms with E-state index in [0.717, 1.165) is 0 Å². The van der Waals surface area contributed by atoms with Gasteiger partial charge in [0.2, 0.25) is 0 Å². The van der Waals surface area contributed by atoms with Crippen molar-refractivity contribution >= 4 is 17.7 Å². The fraction of sp³-hybridized carbons (Fsp3) is 0.167. The van der Waals surface area contributed by atoms with Gasteiger partial charge in [0.05, 0.1) is 30.9 Å². The van der Waals surface area contributed by atoms with E-state index < -0.39 is 17.7 Å². The number of nitrogens with one attached hydrogen (secondary N) is 1. The topological polar surface area (TPSA) is 105 Å². The molecule has 0 saturated carbocycles. The average Bonchev–Trinajstić information content (AvgIpc) is 2.88. The molecule has 2 N–H and O–H groups in total. The minimum atomic E-state index is -0.791. The summed E-state index contributed by atoms with van der Waals surface area (Å²) in [6, 6.07) is 7.31. The Morgan fingerprint density at radius 1 is 1.04 bits per heavy atom. The van der Waals surface area contributed by atoms with Gasteiger partial charge in [-0.2, -0.15) is 5.01 Å². The van der Waals surface area contributed by atoms with Gasteiger partial charge in [-0.25, -0.2) is 0 Å². The predicted octanol–water partition coefficient (Wildman–Crippen LogP) is 1.66. The highest BCUT2D eigenvalue weighted by atomic mass is 16.5. The van der Waals surface area contributed by atoms with Crippen LogP contribution in [0, 0.1) is 6.92 Å². The second-order valence-corrected chi connectivity index (χ2v) is 5.56. The largest absolute Gasteiger partial charge is 0.507 e. The SMILES string of the molecule is COc1cc(OC)c2c(c1C)C(=O)N(NC(=O)c1ccccc1O)C2=O. The Morgan fingerprint density at radius 2 is 1.65 bits per heavy atom. The number of imide groups is 1. The van der Waals surface area contributed by atoms with Gasteiger partial charge in [0.25, 0.3) is 17.7 Å². The van der Waals surface area contributed by atoms with Crippen molar-refractivity contribution in [2.24, 2.45) is 0 Å². The molecule has 2 aromatic rings. The van der Waals surface area contributed by atoms with Crippen LogP contribution < -0.4 is 14.9 Å². The lowest BCUT2D eigenvalue weighted by Gasteiger charge is -2.15. The van der Waals surface area contributed by atoms with Crippen LogP contribution in [-0.2, 0) is 0 Å². The van der Waals surface area contributed by atoms with Crippen LogP contribution >= 0.6 is 0 Å². The van der Waals surface area contributed by atoms with Crippen LogP contribution in [0.15, 0.2) is 30.3 Å². The van der Waals surface area contributed by atoms with Gasteiger partial charge in [0, 0.05) is 11.6 Å². The monoisotopic (exact) mass is 356 g/mol. The third-order valence-corrected chi connectivity index (χ3v) is 4.14. The normalized spacial score (nSPS) is 12.8. The minimum Gasteiger partial charge on any atom is -0.507 e. The van der Waals surface area contributed by atoms with Gasteiger partial charge in [-0.15, -0.1) is 0 Å². The van der Waals surface area contributed by atoms with Gasteiger partial charge in [-0.1, -0.05) is 12.1 Å². The number of benzene rings is 2. The third-order valence-electron chi connectivity index (χ3n) is 4.14. The Labute approximate surface area is 148 Å². The molecule has 2 aromatic carbocycles. The van der Waals surface area contributed by atoms with Crippen molar-refractivity contribution in [2.45, 2.75) is 6.92 Å². The Morgan fingerprint density at radius 3 is 2.27 bits per heavy atom. The number of para-hydroxylation sites is 1. The van der Waals surface area contributed by atoms with Crippen LogP contribution in [-0.4, -0.2) is 42.1 Å². The average molecular weight is 356 g/mol. The number of phenols is 1. The number of fused-ring (bicyclic) bond motifs is 1. The van der Waals surface area contributed by atoms with E-state index in [9.17, 15) is 19.5 Å². The standard InChI is InChI=1S/C18H16N2O6/c1-9-12(25-2)8-13(26-3)15-14(9)17(23)20(18(15)24)19-16(22)10-6-4-5-7-11(10)21/h4-8,21H,1-3H3,(H,19,22). The van der Waals surface area contributed by atoms with E-state index in [1.54, 1.807) is 19.1 Å². The molecule has 0 aromatic heterocycles. The van der Waals surface area contributed by atoms with Gasteiger partial charge in [-0.05, 0) is 19.1 Å². The number of hydrogen-bond donors (Lipinski definition) is 2. The molecular formula is C18H16N2O6. The quantitative estimate of drug-likeness (QED) is 0.807. The van der Waals surface area contributed by atoms with E-state index >= 15 is 0 Å². The van der Waals surface area contributed by atoms with Gasteiger partial charge >= 0.3 is 0 Å². The number of hydrazine groups is 1. The van der Waals surface area contributed by atoms with Crippen LogP contribution in [0.5, 0.6) is 17.2 Å². The molecule has 1 aliphatic rings. The third kappa shape index (κ3) is 2.52. The summed E-state index contributed by atoms with van der Waals surface area (Å²) in [5, 5.41) is 10.4. The van der Waals surface area contributed by atoms with Crippen molar-refractivity contribution < 1.29 is 29.0 Å². The van der Waals surface area contributed by atoms with Crippen LogP contribution in [0.25, 0.3) is 0 Å². The summed E-state index contributed by atoms with van der Waals surface area (Å²) in [6.45, 7) is 1.64. The molecule has 0 fully saturated rings. The lowest BCUT2D eigenvalue weighted by molar-refractivity contribution is 0.0516. The number of aromatic hydroxyl groups is 1. The van der Waals surface area contributed by atoms with Crippen molar-refractivity contribution in [1.29, 1.82) is 0 Å². The highest BCUT2D eigenvalue weighted by molar-refractivity contribution is 6.24. The van der Waals surface area contributed by atoms with Gasteiger partial charge in [0.15, 0.2) is 0 Å². The first kappa shape index (κ1) is 17.3. The van der Waals surface area contributed by atoms with Crippen molar-refractivity contribution in [2.75, 3.05) is 14.2 Å². The van der Waals surface area contributed by atoms with Crippen LogP contribution in [0.1, 0.15) is 36.6 Å². The zero-order valence-electron chi connectivity index (χ0n) is 14.3. The number of methoxy groups -OCH3 is 2. The summed E-state index contributed by atoms with van der Waals surface area (Å²) in [7, 11) is 2.80. The maximum absolute atomic E-state index is 12.7. The van der Waals surface area contributed by atoms with Gasteiger partial charge < -0.3 is 14.6 Å². The summed E-state index contributed by atoms with van der Waals surface area (Å²) in [5.41, 5.74) is 2.78. The van der Waals surface area contributed by atoms with E-state index in [-0.39, 0.29) is 28.2 Å². The molecule has 0 atom stereocenters. The van der Waals surface area contributed by atoms with Gasteiger partial charge in [0.1, 0.15) is 17.2 Å². The molecule has 0 saturated heterocycles. The number of phenolic OH excluding ortho intramolecular Hbond substituents is 1. The van der Waals surface area contributed by atoms with E-state index in [0.29, 0.717) is 16.3 Å². The number of hydrogen-bond acceptors (Lipinski definition) is 6. The molecule has 0 bridgehead atoms. The van der Waals surface area contributed by atoms with E-state index in [1.165, 1.54) is 32.4 Å². The first-order chi connectivity index (χ1) is 12.4. The van der Waals surface area contributed by atoms with E-state index in [2.05, 4.69) is 5.43 Å².